The summed E-state index contributed by atoms with van der Waals surface area (Å²) in [6.45, 7) is 9.33. The van der Waals surface area contributed by atoms with E-state index in [1.807, 2.05) is 39.8 Å². The van der Waals surface area contributed by atoms with E-state index in [1.54, 1.807) is 36.5 Å². The van der Waals surface area contributed by atoms with Crippen LogP contribution in [0, 0.1) is 0 Å². The molecule has 2 fully saturated rings. The van der Waals surface area contributed by atoms with Gasteiger partial charge in [-0.3, -0.25) is 18.7 Å². The summed E-state index contributed by atoms with van der Waals surface area (Å²) >= 11 is 0. The van der Waals surface area contributed by atoms with Crippen molar-refractivity contribution in [2.45, 2.75) is 49.8 Å². The van der Waals surface area contributed by atoms with E-state index in [0.29, 0.717) is 36.1 Å². The molecule has 0 unspecified atom stereocenters. The van der Waals surface area contributed by atoms with Gasteiger partial charge in [0, 0.05) is 26.2 Å². The summed E-state index contributed by atoms with van der Waals surface area (Å²) in [7, 11) is -11.7. The molecule has 4 aliphatic rings. The Morgan fingerprint density at radius 2 is 0.889 bits per heavy atom. The number of carbonyl (C=O) groups is 2. The number of ether oxygens (including phenoxy) is 2. The number of allylic oxidation sites excluding steroid dienone is 10. The van der Waals surface area contributed by atoms with Crippen LogP contribution in [0.1, 0.15) is 27.7 Å². The molecule has 0 spiro atoms. The predicted octanol–water partition coefficient (Wildman–Crippen LogP) is 3.37. The molecule has 0 aromatic carbocycles. The van der Waals surface area contributed by atoms with Gasteiger partial charge in [0.25, 0.3) is 0 Å². The molecule has 0 radical (unpaired) electrons. The number of alkyl halides is 6. The van der Waals surface area contributed by atoms with Gasteiger partial charge in [-0.15, -0.1) is 0 Å². The molecule has 0 saturated carbocycles. The smallest absolute Gasteiger partial charge is 0.476 e. The molecule has 2 saturated heterocycles. The summed E-state index contributed by atoms with van der Waals surface area (Å²) in [4.78, 5) is 23.0. The van der Waals surface area contributed by atoms with Crippen molar-refractivity contribution in [2.24, 2.45) is 0 Å². The van der Waals surface area contributed by atoms with Crippen molar-refractivity contribution in [1.82, 2.24) is 10.6 Å². The van der Waals surface area contributed by atoms with Crippen LogP contribution in [-0.4, -0.2) is 72.8 Å². The normalized spacial score (nSPS) is 22.9. The minimum absolute atomic E-state index is 0. The van der Waals surface area contributed by atoms with Crippen LogP contribution in [-0.2, 0) is 65.5 Å². The second kappa shape index (κ2) is 15.7. The van der Waals surface area contributed by atoms with Gasteiger partial charge in [-0.05, 0) is 52.0 Å². The van der Waals surface area contributed by atoms with E-state index in [0.717, 1.165) is 0 Å². The fourth-order valence-electron chi connectivity index (χ4n) is 2.86. The van der Waals surface area contributed by atoms with Crippen LogP contribution in [0.2, 0.25) is 0 Å². The third kappa shape index (κ3) is 14.1. The Bertz CT molecular complexity index is 1410. The van der Waals surface area contributed by atoms with Crippen LogP contribution in [0.3, 0.4) is 0 Å². The topological polar surface area (TPSA) is 185 Å². The van der Waals surface area contributed by atoms with Gasteiger partial charge >= 0.3 is 31.3 Å². The molecule has 0 aromatic rings. The molecule has 21 heteroatoms. The van der Waals surface area contributed by atoms with Gasteiger partial charge in [0.15, 0.2) is 23.3 Å². The van der Waals surface area contributed by atoms with E-state index in [9.17, 15) is 35.9 Å². The summed E-state index contributed by atoms with van der Waals surface area (Å²) in [5.41, 5.74) is -10.0. The monoisotopic (exact) mass is 772 g/mol. The van der Waals surface area contributed by atoms with E-state index < -0.39 is 31.3 Å². The van der Waals surface area contributed by atoms with Crippen molar-refractivity contribution in [3.63, 3.8) is 0 Å². The SMILES string of the molecule is CC1(C)CO/C(=C2/C=CC=CC2=O)N1.CC1(C)CO/C(=C2/C=CC=CC2=O)N1.O=S(=O)(O)C(F)(F)F.O=S(=O)(O)C(F)(F)F.[Zr]. The van der Waals surface area contributed by atoms with Crippen molar-refractivity contribution in [1.29, 1.82) is 0 Å². The zero-order valence-corrected chi connectivity index (χ0v) is 27.9. The molecule has 252 valence electrons. The summed E-state index contributed by atoms with van der Waals surface area (Å²) < 4.78 is 126. The molecule has 2 heterocycles. The maximum Gasteiger partial charge on any atom is 0.522 e. The summed E-state index contributed by atoms with van der Waals surface area (Å²) in [5, 5.41) is 6.36. The molecule has 12 nitrogen and oxygen atoms in total. The van der Waals surface area contributed by atoms with Crippen molar-refractivity contribution in [2.75, 3.05) is 13.2 Å². The number of carbonyl (C=O) groups excluding carboxylic acids is 2. The Labute approximate surface area is 273 Å². The van der Waals surface area contributed by atoms with Crippen LogP contribution < -0.4 is 10.6 Å². The minimum Gasteiger partial charge on any atom is -0.476 e. The van der Waals surface area contributed by atoms with Crippen molar-refractivity contribution in [3.05, 3.63) is 71.5 Å². The van der Waals surface area contributed by atoms with Gasteiger partial charge in [-0.2, -0.15) is 43.2 Å². The molecule has 45 heavy (non-hydrogen) atoms. The average Bonchev–Trinajstić information content (AvgIpc) is 3.39. The van der Waals surface area contributed by atoms with Crippen LogP contribution in [0.5, 0.6) is 0 Å². The number of hydrogen-bond acceptors (Lipinski definition) is 10. The maximum absolute atomic E-state index is 11.5. The summed E-state index contributed by atoms with van der Waals surface area (Å²) in [6, 6.07) is 0. The van der Waals surface area contributed by atoms with Crippen molar-refractivity contribution in [3.8, 4) is 0 Å². The Balaban J connectivity index is 0.000000592. The molecular weight excluding hydrogens is 746 g/mol. The van der Waals surface area contributed by atoms with Gasteiger partial charge < -0.3 is 20.1 Å². The maximum atomic E-state index is 11.5. The second-order valence-electron chi connectivity index (χ2n) is 10.1. The van der Waals surface area contributed by atoms with E-state index in [1.165, 1.54) is 0 Å². The summed E-state index contributed by atoms with van der Waals surface area (Å²) in [6.07, 6.45) is 13.7. The molecular formula is C24H28F6N2O10S2Zr. The van der Waals surface area contributed by atoms with E-state index in [-0.39, 0.29) is 48.8 Å². The summed E-state index contributed by atoms with van der Waals surface area (Å²) in [5.74, 6) is 1.18. The molecule has 0 atom stereocenters. The molecule has 0 amide bonds. The zero-order valence-electron chi connectivity index (χ0n) is 23.8. The van der Waals surface area contributed by atoms with Crippen LogP contribution in [0.25, 0.3) is 0 Å². The number of rotatable bonds is 0. The van der Waals surface area contributed by atoms with E-state index in [4.69, 9.17) is 35.4 Å². The van der Waals surface area contributed by atoms with Gasteiger partial charge in [0.2, 0.25) is 0 Å². The third-order valence-electron chi connectivity index (χ3n) is 4.91. The van der Waals surface area contributed by atoms with E-state index >= 15 is 0 Å². The minimum atomic E-state index is -5.84. The Hall–Kier alpha value is -2.74. The first kappa shape index (κ1) is 42.3. The Morgan fingerprint density at radius 1 is 0.644 bits per heavy atom. The van der Waals surface area contributed by atoms with Crippen LogP contribution in [0.4, 0.5) is 26.3 Å². The first-order chi connectivity index (χ1) is 19.7. The largest absolute Gasteiger partial charge is 0.522 e. The number of hydrogen-bond donors (Lipinski definition) is 4. The number of ketones is 2. The quantitative estimate of drug-likeness (QED) is 0.122. The molecule has 4 N–H and O–H groups in total. The molecule has 2 aliphatic carbocycles. The van der Waals surface area contributed by atoms with Crippen molar-refractivity contribution < 1.29 is 97.5 Å². The Morgan fingerprint density at radius 3 is 1.07 bits per heavy atom. The first-order valence-electron chi connectivity index (χ1n) is 11.8. The zero-order chi connectivity index (χ0) is 34.4. The number of halogens is 6. The van der Waals surface area contributed by atoms with Gasteiger partial charge in [0.1, 0.15) is 13.2 Å². The van der Waals surface area contributed by atoms with Crippen LogP contribution >= 0.6 is 0 Å². The van der Waals surface area contributed by atoms with Crippen molar-refractivity contribution >= 4 is 31.8 Å². The first-order valence-corrected chi connectivity index (χ1v) is 14.7. The standard InChI is InChI=1S/2C11H13NO2.2CHF3O3S.Zr/c2*1-11(2)7-14-10(12-11)8-5-3-4-6-9(8)13;2*2-1(3,4)8(5,6)7;/h2*3-6,12H,7H2,1-2H3;2*(H,5,6,7);/b2*10-8-;;;. The second-order valence-corrected chi connectivity index (χ2v) is 12.9. The van der Waals surface area contributed by atoms with Gasteiger partial charge in [-0.25, -0.2) is 0 Å². The molecule has 4 rings (SSSR count). The fourth-order valence-corrected chi connectivity index (χ4v) is 2.86. The van der Waals surface area contributed by atoms with Gasteiger partial charge in [-0.1, -0.05) is 24.3 Å². The average molecular weight is 774 g/mol. The fraction of sp³-hybridized carbons (Fsp3) is 0.417. The molecule has 0 aromatic heterocycles. The number of nitrogens with one attached hydrogen (secondary N) is 2. The van der Waals surface area contributed by atoms with Crippen LogP contribution in [0.15, 0.2) is 71.5 Å². The third-order valence-corrected chi connectivity index (χ3v) is 6.08. The van der Waals surface area contributed by atoms with Gasteiger partial charge in [0.05, 0.1) is 22.2 Å². The van der Waals surface area contributed by atoms with E-state index in [2.05, 4.69) is 10.6 Å². The molecule has 0 bridgehead atoms. The predicted molar refractivity (Wildman–Crippen MR) is 142 cm³/mol. The molecule has 2 aliphatic heterocycles. The Kier molecular flexibility index (Phi) is 14.7.